The summed E-state index contributed by atoms with van der Waals surface area (Å²) >= 11 is 0. The van der Waals surface area contributed by atoms with Crippen LogP contribution in [0.25, 0.3) is 5.69 Å². The number of aromatic nitrogens is 2. The summed E-state index contributed by atoms with van der Waals surface area (Å²) in [4.78, 5) is 16.7. The van der Waals surface area contributed by atoms with E-state index in [-0.39, 0.29) is 5.82 Å². The summed E-state index contributed by atoms with van der Waals surface area (Å²) in [6.45, 7) is 4.62. The Hall–Kier alpha value is -2.21. The number of rotatable bonds is 6. The lowest BCUT2D eigenvalue weighted by Crippen LogP contribution is -2.34. The van der Waals surface area contributed by atoms with E-state index in [0.717, 1.165) is 76.1 Å². The molecule has 0 saturated carbocycles. The molecule has 2 aliphatic heterocycles. The van der Waals surface area contributed by atoms with Crippen LogP contribution in [0.15, 0.2) is 36.7 Å². The molecule has 6 heteroatoms. The van der Waals surface area contributed by atoms with Gasteiger partial charge in [-0.05, 0) is 80.9 Å². The highest BCUT2D eigenvalue weighted by Crippen LogP contribution is 2.25. The summed E-state index contributed by atoms with van der Waals surface area (Å²) in [7, 11) is 0. The van der Waals surface area contributed by atoms with Crippen LogP contribution in [0.1, 0.15) is 44.1 Å². The number of benzene rings is 1. The minimum absolute atomic E-state index is 0.207. The average molecular weight is 384 g/mol. The van der Waals surface area contributed by atoms with Crippen LogP contribution in [0.2, 0.25) is 0 Å². The van der Waals surface area contributed by atoms with E-state index in [4.69, 9.17) is 0 Å². The molecule has 3 heterocycles. The maximum absolute atomic E-state index is 13.8. The summed E-state index contributed by atoms with van der Waals surface area (Å²) in [5.41, 5.74) is 1.90. The van der Waals surface area contributed by atoms with Crippen LogP contribution in [0.4, 0.5) is 4.39 Å². The topological polar surface area (TPSA) is 41.4 Å². The fourth-order valence-corrected chi connectivity index (χ4v) is 4.44. The molecule has 150 valence electrons. The third-order valence-corrected chi connectivity index (χ3v) is 6.12. The van der Waals surface area contributed by atoms with E-state index in [0.29, 0.717) is 18.2 Å². The van der Waals surface area contributed by atoms with E-state index in [1.165, 1.54) is 6.07 Å². The normalized spacial score (nSPS) is 18.7. The van der Waals surface area contributed by atoms with Crippen molar-refractivity contribution >= 4 is 5.91 Å². The molecule has 0 N–H and O–H groups in total. The van der Waals surface area contributed by atoms with Crippen molar-refractivity contribution in [2.24, 2.45) is 5.92 Å². The minimum Gasteiger partial charge on any atom is -0.343 e. The predicted octanol–water partition coefficient (Wildman–Crippen LogP) is 3.63. The van der Waals surface area contributed by atoms with Gasteiger partial charge in [0.25, 0.3) is 0 Å². The van der Waals surface area contributed by atoms with Gasteiger partial charge in [-0.2, -0.15) is 5.10 Å². The maximum Gasteiger partial charge on any atom is 0.222 e. The van der Waals surface area contributed by atoms with E-state index >= 15 is 0 Å². The third-order valence-electron chi connectivity index (χ3n) is 6.12. The summed E-state index contributed by atoms with van der Waals surface area (Å²) in [5, 5.41) is 4.30. The molecule has 0 atom stereocenters. The van der Waals surface area contributed by atoms with Crippen molar-refractivity contribution in [3.63, 3.8) is 0 Å². The number of hydrogen-bond donors (Lipinski definition) is 0. The van der Waals surface area contributed by atoms with Crippen molar-refractivity contribution in [3.8, 4) is 5.69 Å². The van der Waals surface area contributed by atoms with Crippen LogP contribution >= 0.6 is 0 Å². The molecule has 1 aromatic heterocycles. The number of nitrogens with zero attached hydrogens (tertiary/aromatic N) is 4. The van der Waals surface area contributed by atoms with Gasteiger partial charge in [0.2, 0.25) is 5.91 Å². The zero-order valence-corrected chi connectivity index (χ0v) is 16.4. The molecule has 0 bridgehead atoms. The number of halogens is 1. The number of carbonyl (C=O) groups excluding carboxylic acids is 1. The number of likely N-dealkylation sites (tertiary alicyclic amines) is 2. The van der Waals surface area contributed by atoms with Crippen molar-refractivity contribution in [2.45, 2.75) is 45.1 Å². The van der Waals surface area contributed by atoms with Gasteiger partial charge in [-0.1, -0.05) is 0 Å². The van der Waals surface area contributed by atoms with Crippen molar-refractivity contribution in [1.29, 1.82) is 0 Å². The van der Waals surface area contributed by atoms with Gasteiger partial charge in [0.15, 0.2) is 0 Å². The largest absolute Gasteiger partial charge is 0.343 e. The van der Waals surface area contributed by atoms with E-state index in [1.807, 2.05) is 17.2 Å². The fourth-order valence-electron chi connectivity index (χ4n) is 4.44. The van der Waals surface area contributed by atoms with Gasteiger partial charge in [-0.25, -0.2) is 9.07 Å². The summed E-state index contributed by atoms with van der Waals surface area (Å²) < 4.78 is 15.6. The van der Waals surface area contributed by atoms with E-state index in [9.17, 15) is 9.18 Å². The number of amides is 1. The van der Waals surface area contributed by atoms with Gasteiger partial charge in [0.1, 0.15) is 5.82 Å². The van der Waals surface area contributed by atoms with Crippen molar-refractivity contribution < 1.29 is 9.18 Å². The molecular formula is C22H29FN4O. The van der Waals surface area contributed by atoms with Crippen LogP contribution in [0.3, 0.4) is 0 Å². The zero-order chi connectivity index (χ0) is 19.3. The van der Waals surface area contributed by atoms with Crippen molar-refractivity contribution in [3.05, 3.63) is 48.0 Å². The van der Waals surface area contributed by atoms with Gasteiger partial charge in [-0.3, -0.25) is 9.69 Å². The van der Waals surface area contributed by atoms with Crippen LogP contribution in [-0.2, 0) is 11.3 Å². The Labute approximate surface area is 166 Å². The first-order valence-electron chi connectivity index (χ1n) is 10.5. The molecule has 1 amide bonds. The fraction of sp³-hybridized carbons (Fsp3) is 0.545. The molecule has 28 heavy (non-hydrogen) atoms. The van der Waals surface area contributed by atoms with Gasteiger partial charge < -0.3 is 4.90 Å². The molecule has 2 aliphatic rings. The van der Waals surface area contributed by atoms with E-state index in [1.54, 1.807) is 23.0 Å². The molecule has 2 fully saturated rings. The van der Waals surface area contributed by atoms with Gasteiger partial charge in [-0.15, -0.1) is 0 Å². The van der Waals surface area contributed by atoms with Crippen molar-refractivity contribution in [2.75, 3.05) is 26.2 Å². The first kappa shape index (κ1) is 19.1. The lowest BCUT2D eigenvalue weighted by Gasteiger charge is -2.32. The second kappa shape index (κ2) is 8.86. The SMILES string of the molecule is O=C(CCC1CCN(Cc2cc(F)ccc2-n2cccn2)CC1)N1CCCC1. The Morgan fingerprint density at radius 3 is 2.64 bits per heavy atom. The Bertz CT molecular complexity index is 778. The lowest BCUT2D eigenvalue weighted by atomic mass is 9.91. The predicted molar refractivity (Wildman–Crippen MR) is 107 cm³/mol. The summed E-state index contributed by atoms with van der Waals surface area (Å²) in [5.74, 6) is 0.755. The zero-order valence-electron chi connectivity index (χ0n) is 16.4. The van der Waals surface area contributed by atoms with Crippen molar-refractivity contribution in [1.82, 2.24) is 19.6 Å². The number of piperidine rings is 1. The Morgan fingerprint density at radius 1 is 1.14 bits per heavy atom. The standard InChI is InChI=1S/C22H29FN4O/c23-20-5-6-21(27-13-3-10-24-27)19(16-20)17-25-14-8-18(9-15-25)4-7-22(28)26-11-1-2-12-26/h3,5-6,10,13,16,18H,1-2,4,7-9,11-12,14-15,17H2. The van der Waals surface area contributed by atoms with E-state index in [2.05, 4.69) is 10.00 Å². The molecule has 0 aliphatic carbocycles. The highest BCUT2D eigenvalue weighted by molar-refractivity contribution is 5.76. The van der Waals surface area contributed by atoms with Crippen LogP contribution in [0.5, 0.6) is 0 Å². The van der Waals surface area contributed by atoms with Gasteiger partial charge in [0, 0.05) is 38.4 Å². The highest BCUT2D eigenvalue weighted by Gasteiger charge is 2.23. The van der Waals surface area contributed by atoms with Gasteiger partial charge >= 0.3 is 0 Å². The molecule has 0 unspecified atom stereocenters. The number of carbonyl (C=O) groups is 1. The van der Waals surface area contributed by atoms with E-state index < -0.39 is 0 Å². The monoisotopic (exact) mass is 384 g/mol. The lowest BCUT2D eigenvalue weighted by molar-refractivity contribution is -0.130. The smallest absolute Gasteiger partial charge is 0.222 e. The number of hydrogen-bond acceptors (Lipinski definition) is 3. The third kappa shape index (κ3) is 4.61. The second-order valence-corrected chi connectivity index (χ2v) is 8.07. The Balaban J connectivity index is 1.29. The average Bonchev–Trinajstić information content (AvgIpc) is 3.41. The van der Waals surface area contributed by atoms with Gasteiger partial charge in [0.05, 0.1) is 5.69 Å². The quantitative estimate of drug-likeness (QED) is 0.764. The molecule has 5 nitrogen and oxygen atoms in total. The van der Waals surface area contributed by atoms with Crippen LogP contribution < -0.4 is 0 Å². The molecule has 2 aromatic rings. The molecular weight excluding hydrogens is 355 g/mol. The molecule has 2 saturated heterocycles. The minimum atomic E-state index is -0.207. The Kier molecular flexibility index (Phi) is 6.05. The second-order valence-electron chi connectivity index (χ2n) is 8.07. The first-order valence-corrected chi connectivity index (χ1v) is 10.5. The summed E-state index contributed by atoms with van der Waals surface area (Å²) in [6, 6.07) is 6.79. The molecule has 4 rings (SSSR count). The van der Waals surface area contributed by atoms with Crippen LogP contribution in [0, 0.1) is 11.7 Å². The Morgan fingerprint density at radius 2 is 1.93 bits per heavy atom. The highest BCUT2D eigenvalue weighted by atomic mass is 19.1. The molecule has 0 spiro atoms. The first-order chi connectivity index (χ1) is 13.7. The molecule has 0 radical (unpaired) electrons. The summed E-state index contributed by atoms with van der Waals surface area (Å²) in [6.07, 6.45) is 9.86. The maximum atomic E-state index is 13.8. The molecule has 1 aromatic carbocycles. The van der Waals surface area contributed by atoms with Crippen LogP contribution in [-0.4, -0.2) is 51.7 Å².